The fraction of sp³-hybridized carbons (Fsp3) is 0.125. The lowest BCUT2D eigenvalue weighted by molar-refractivity contribution is -0.384. The van der Waals surface area contributed by atoms with Crippen molar-refractivity contribution in [2.45, 2.75) is 0 Å². The van der Waals surface area contributed by atoms with Gasteiger partial charge in [-0.2, -0.15) is 5.26 Å². The first kappa shape index (κ1) is 9.00. The summed E-state index contributed by atoms with van der Waals surface area (Å²) in [6.45, 7) is 0. The van der Waals surface area contributed by atoms with E-state index < -0.39 is 4.92 Å². The highest BCUT2D eigenvalue weighted by Crippen LogP contribution is 2.20. The average molecular weight is 177 g/mol. The van der Waals surface area contributed by atoms with E-state index in [1.807, 2.05) is 6.07 Å². The maximum absolute atomic E-state index is 10.3. The SMILES string of the molecule is CNc1ccc([N+](=O)[O-])cc1C#N. The molecule has 0 aliphatic carbocycles. The fourth-order valence-corrected chi connectivity index (χ4v) is 0.956. The molecule has 0 aromatic heterocycles. The maximum Gasteiger partial charge on any atom is 0.270 e. The molecule has 66 valence electrons. The van der Waals surface area contributed by atoms with Crippen molar-refractivity contribution in [1.82, 2.24) is 0 Å². The molecule has 1 N–H and O–H groups in total. The number of benzene rings is 1. The summed E-state index contributed by atoms with van der Waals surface area (Å²) in [4.78, 5) is 9.82. The highest BCUT2D eigenvalue weighted by atomic mass is 16.6. The molecule has 5 nitrogen and oxygen atoms in total. The summed E-state index contributed by atoms with van der Waals surface area (Å²) >= 11 is 0. The Balaban J connectivity index is 3.23. The van der Waals surface area contributed by atoms with Gasteiger partial charge in [-0.3, -0.25) is 10.1 Å². The van der Waals surface area contributed by atoms with Crippen molar-refractivity contribution < 1.29 is 4.92 Å². The fourth-order valence-electron chi connectivity index (χ4n) is 0.956. The lowest BCUT2D eigenvalue weighted by Crippen LogP contribution is -1.94. The Kier molecular flexibility index (Phi) is 2.45. The number of rotatable bonds is 2. The zero-order valence-electron chi connectivity index (χ0n) is 6.94. The van der Waals surface area contributed by atoms with Gasteiger partial charge in [-0.1, -0.05) is 0 Å². The predicted molar refractivity (Wildman–Crippen MR) is 47.4 cm³/mol. The van der Waals surface area contributed by atoms with Crippen molar-refractivity contribution in [3.8, 4) is 6.07 Å². The smallest absolute Gasteiger partial charge is 0.270 e. The lowest BCUT2D eigenvalue weighted by atomic mass is 10.2. The molecule has 0 spiro atoms. The van der Waals surface area contributed by atoms with Crippen molar-refractivity contribution in [2.24, 2.45) is 0 Å². The Morgan fingerprint density at radius 3 is 2.77 bits per heavy atom. The second-order valence-electron chi connectivity index (χ2n) is 2.35. The van der Waals surface area contributed by atoms with Crippen LogP contribution >= 0.6 is 0 Å². The normalized spacial score (nSPS) is 8.92. The van der Waals surface area contributed by atoms with E-state index in [1.54, 1.807) is 7.05 Å². The maximum atomic E-state index is 10.3. The van der Waals surface area contributed by atoms with Gasteiger partial charge in [-0.25, -0.2) is 0 Å². The second-order valence-corrected chi connectivity index (χ2v) is 2.35. The molecule has 0 atom stereocenters. The van der Waals surface area contributed by atoms with Gasteiger partial charge < -0.3 is 5.32 Å². The van der Waals surface area contributed by atoms with Gasteiger partial charge in [0.1, 0.15) is 6.07 Å². The molecule has 0 radical (unpaired) electrons. The van der Waals surface area contributed by atoms with Gasteiger partial charge in [0.05, 0.1) is 16.2 Å². The van der Waals surface area contributed by atoms with E-state index in [0.717, 1.165) is 0 Å². The molecule has 13 heavy (non-hydrogen) atoms. The molecular weight excluding hydrogens is 170 g/mol. The summed E-state index contributed by atoms with van der Waals surface area (Å²) in [5.74, 6) is 0. The minimum Gasteiger partial charge on any atom is -0.387 e. The van der Waals surface area contributed by atoms with Crippen LogP contribution in [0, 0.1) is 21.4 Å². The van der Waals surface area contributed by atoms with Gasteiger partial charge in [0.2, 0.25) is 0 Å². The summed E-state index contributed by atoms with van der Waals surface area (Å²) in [6, 6.07) is 5.98. The molecule has 1 rings (SSSR count). The van der Waals surface area contributed by atoms with E-state index >= 15 is 0 Å². The third kappa shape index (κ3) is 1.73. The van der Waals surface area contributed by atoms with Crippen LogP contribution < -0.4 is 5.32 Å². The topological polar surface area (TPSA) is 79.0 Å². The number of nitro benzene ring substituents is 1. The molecule has 0 heterocycles. The molecule has 0 aliphatic rings. The van der Waals surface area contributed by atoms with Crippen LogP contribution in [0.5, 0.6) is 0 Å². The highest BCUT2D eigenvalue weighted by Gasteiger charge is 2.08. The lowest BCUT2D eigenvalue weighted by Gasteiger charge is -2.00. The van der Waals surface area contributed by atoms with Crippen LogP contribution in [0.15, 0.2) is 18.2 Å². The molecule has 5 heteroatoms. The van der Waals surface area contributed by atoms with Crippen LogP contribution in [0.1, 0.15) is 5.56 Å². The Morgan fingerprint density at radius 1 is 1.62 bits per heavy atom. The van der Waals surface area contributed by atoms with Crippen LogP contribution in [-0.4, -0.2) is 12.0 Å². The number of hydrogen-bond donors (Lipinski definition) is 1. The highest BCUT2D eigenvalue weighted by molar-refractivity contribution is 5.60. The number of nitrogens with zero attached hydrogens (tertiary/aromatic N) is 2. The second kappa shape index (κ2) is 3.54. The van der Waals surface area contributed by atoms with E-state index in [0.29, 0.717) is 5.69 Å². The summed E-state index contributed by atoms with van der Waals surface area (Å²) in [5.41, 5.74) is 0.792. The first-order valence-electron chi connectivity index (χ1n) is 3.55. The number of nitro groups is 1. The number of anilines is 1. The molecule has 0 saturated carbocycles. The average Bonchev–Trinajstić information content (AvgIpc) is 2.16. The minimum absolute atomic E-state index is 0.0736. The Hall–Kier alpha value is -2.09. The van der Waals surface area contributed by atoms with Crippen molar-refractivity contribution in [3.63, 3.8) is 0 Å². The Bertz CT molecular complexity index is 381. The monoisotopic (exact) mass is 177 g/mol. The van der Waals surface area contributed by atoms with Crippen molar-refractivity contribution in [1.29, 1.82) is 5.26 Å². The predicted octanol–water partition coefficient (Wildman–Crippen LogP) is 1.51. The van der Waals surface area contributed by atoms with E-state index in [1.165, 1.54) is 18.2 Å². The van der Waals surface area contributed by atoms with Crippen molar-refractivity contribution in [2.75, 3.05) is 12.4 Å². The van der Waals surface area contributed by atoms with Crippen LogP contribution in [0.4, 0.5) is 11.4 Å². The van der Waals surface area contributed by atoms with E-state index in [4.69, 9.17) is 5.26 Å². The van der Waals surface area contributed by atoms with Gasteiger partial charge >= 0.3 is 0 Å². The molecule has 0 unspecified atom stereocenters. The third-order valence-electron chi connectivity index (χ3n) is 1.60. The quantitative estimate of drug-likeness (QED) is 0.548. The first-order chi connectivity index (χ1) is 6.19. The molecule has 1 aromatic carbocycles. The molecular formula is C8H7N3O2. The molecule has 1 aromatic rings. The Morgan fingerprint density at radius 2 is 2.31 bits per heavy atom. The standard InChI is InChI=1S/C8H7N3O2/c1-10-8-3-2-7(11(12)13)4-6(8)5-9/h2-4,10H,1H3. The van der Waals surface area contributed by atoms with Crippen molar-refractivity contribution in [3.05, 3.63) is 33.9 Å². The van der Waals surface area contributed by atoms with Crippen molar-refractivity contribution >= 4 is 11.4 Å². The minimum atomic E-state index is -0.527. The van der Waals surface area contributed by atoms with Gasteiger partial charge in [-0.05, 0) is 6.07 Å². The summed E-state index contributed by atoms with van der Waals surface area (Å²) in [6.07, 6.45) is 0. The van der Waals surface area contributed by atoms with Gasteiger partial charge in [0.25, 0.3) is 5.69 Å². The molecule has 0 saturated heterocycles. The van der Waals surface area contributed by atoms with Crippen LogP contribution in [0.2, 0.25) is 0 Å². The zero-order chi connectivity index (χ0) is 9.84. The summed E-state index contributed by atoms with van der Waals surface area (Å²) in [5, 5.41) is 21.8. The van der Waals surface area contributed by atoms with Gasteiger partial charge in [0.15, 0.2) is 0 Å². The van der Waals surface area contributed by atoms with Crippen LogP contribution in [0.25, 0.3) is 0 Å². The van der Waals surface area contributed by atoms with E-state index in [9.17, 15) is 10.1 Å². The van der Waals surface area contributed by atoms with E-state index in [2.05, 4.69) is 5.32 Å². The zero-order valence-corrected chi connectivity index (χ0v) is 6.94. The molecule has 0 fully saturated rings. The molecule has 0 bridgehead atoms. The number of nitrogens with one attached hydrogen (secondary N) is 1. The number of hydrogen-bond acceptors (Lipinski definition) is 4. The number of nitriles is 1. The van der Waals surface area contributed by atoms with Crippen LogP contribution in [-0.2, 0) is 0 Å². The Labute approximate surface area is 74.8 Å². The third-order valence-corrected chi connectivity index (χ3v) is 1.60. The van der Waals surface area contributed by atoms with E-state index in [-0.39, 0.29) is 11.3 Å². The molecule has 0 amide bonds. The first-order valence-corrected chi connectivity index (χ1v) is 3.55. The summed E-state index contributed by atoms with van der Waals surface area (Å²) < 4.78 is 0. The largest absolute Gasteiger partial charge is 0.387 e. The summed E-state index contributed by atoms with van der Waals surface area (Å²) in [7, 11) is 1.65. The molecule has 0 aliphatic heterocycles. The van der Waals surface area contributed by atoms with Crippen LogP contribution in [0.3, 0.4) is 0 Å². The van der Waals surface area contributed by atoms with Gasteiger partial charge in [-0.15, -0.1) is 0 Å². The number of non-ortho nitro benzene ring substituents is 1. The van der Waals surface area contributed by atoms with Gasteiger partial charge in [0, 0.05) is 19.2 Å².